The first-order valence-electron chi connectivity index (χ1n) is 10.5. The maximum absolute atomic E-state index is 12.4. The number of carbonyl (C=O) groups excluding carboxylic acids is 2. The van der Waals surface area contributed by atoms with E-state index in [1.54, 1.807) is 6.92 Å². The van der Waals surface area contributed by atoms with E-state index in [4.69, 9.17) is 9.47 Å². The highest BCUT2D eigenvalue weighted by molar-refractivity contribution is 5.81. The molecule has 0 radical (unpaired) electrons. The first-order chi connectivity index (χ1) is 16.0. The molecule has 1 amide bonds. The molecule has 4 rings (SSSR count). The Hall–Kier alpha value is -4.14. The van der Waals surface area contributed by atoms with Gasteiger partial charge in [-0.2, -0.15) is 0 Å². The molecular formula is C24H23N3O6. The zero-order valence-corrected chi connectivity index (χ0v) is 17.9. The second-order valence-corrected chi connectivity index (χ2v) is 7.54. The van der Waals surface area contributed by atoms with Crippen LogP contribution < -0.4 is 5.32 Å². The van der Waals surface area contributed by atoms with Crippen LogP contribution in [0.4, 0.5) is 9.59 Å². The molecule has 0 saturated carbocycles. The summed E-state index contributed by atoms with van der Waals surface area (Å²) in [5.74, 6) is -1.37. The third kappa shape index (κ3) is 4.72. The molecule has 33 heavy (non-hydrogen) atoms. The monoisotopic (exact) mass is 449 g/mol. The van der Waals surface area contributed by atoms with E-state index in [1.807, 2.05) is 48.5 Å². The quantitative estimate of drug-likeness (QED) is 0.567. The van der Waals surface area contributed by atoms with Gasteiger partial charge < -0.3 is 19.9 Å². The molecule has 1 heterocycles. The van der Waals surface area contributed by atoms with Gasteiger partial charge in [0, 0.05) is 18.5 Å². The van der Waals surface area contributed by atoms with Crippen LogP contribution in [-0.4, -0.2) is 52.1 Å². The molecule has 9 nitrogen and oxygen atoms in total. The van der Waals surface area contributed by atoms with Gasteiger partial charge in [0.15, 0.2) is 0 Å². The first-order valence-corrected chi connectivity index (χ1v) is 10.5. The number of hydrogen-bond acceptors (Lipinski definition) is 6. The zero-order valence-electron chi connectivity index (χ0n) is 17.9. The average Bonchev–Trinajstić information content (AvgIpc) is 3.40. The Morgan fingerprint density at radius 1 is 1.06 bits per heavy atom. The number of ether oxygens (including phenoxy) is 2. The summed E-state index contributed by atoms with van der Waals surface area (Å²) in [6.07, 6.45) is 1.03. The van der Waals surface area contributed by atoms with E-state index in [1.165, 1.54) is 12.5 Å². The number of aromatic nitrogens is 2. The average molecular weight is 449 g/mol. The molecule has 0 fully saturated rings. The van der Waals surface area contributed by atoms with E-state index in [2.05, 4.69) is 10.3 Å². The molecule has 2 aromatic carbocycles. The highest BCUT2D eigenvalue weighted by Crippen LogP contribution is 2.44. The summed E-state index contributed by atoms with van der Waals surface area (Å²) >= 11 is 0. The lowest BCUT2D eigenvalue weighted by atomic mass is 9.98. The van der Waals surface area contributed by atoms with Crippen molar-refractivity contribution in [2.45, 2.75) is 25.3 Å². The smallest absolute Gasteiger partial charge is 0.419 e. The van der Waals surface area contributed by atoms with Crippen LogP contribution in [0.15, 0.2) is 61.1 Å². The van der Waals surface area contributed by atoms with Crippen molar-refractivity contribution in [3.05, 3.63) is 77.9 Å². The molecule has 1 aliphatic carbocycles. The lowest BCUT2D eigenvalue weighted by molar-refractivity contribution is -0.139. The third-order valence-corrected chi connectivity index (χ3v) is 5.46. The topological polar surface area (TPSA) is 120 Å². The Morgan fingerprint density at radius 2 is 1.70 bits per heavy atom. The molecule has 3 aromatic rings. The van der Waals surface area contributed by atoms with Crippen LogP contribution in [0.2, 0.25) is 0 Å². The molecule has 0 unspecified atom stereocenters. The molecule has 0 spiro atoms. The van der Waals surface area contributed by atoms with Gasteiger partial charge in [-0.15, -0.1) is 0 Å². The van der Waals surface area contributed by atoms with Gasteiger partial charge in [0.25, 0.3) is 0 Å². The number of fused-ring (bicyclic) bond motifs is 3. The molecule has 1 atom stereocenters. The Bertz CT molecular complexity index is 1140. The van der Waals surface area contributed by atoms with E-state index >= 15 is 0 Å². The van der Waals surface area contributed by atoms with Crippen LogP contribution in [0.1, 0.15) is 29.7 Å². The molecule has 1 aromatic heterocycles. The highest BCUT2D eigenvalue weighted by atomic mass is 16.6. The van der Waals surface area contributed by atoms with Gasteiger partial charge in [-0.25, -0.2) is 23.9 Å². The molecule has 9 heteroatoms. The summed E-state index contributed by atoms with van der Waals surface area (Å²) in [6, 6.07) is 14.6. The maximum atomic E-state index is 12.4. The number of hydrogen-bond donors (Lipinski definition) is 2. The SMILES string of the molecule is CCOC(=O)n1cnc(C[C@@H](NC(=O)OCC2c3ccccc3-c3ccccc32)C(=O)O)c1. The van der Waals surface area contributed by atoms with Crippen molar-refractivity contribution in [2.24, 2.45) is 0 Å². The Balaban J connectivity index is 1.39. The number of amides is 1. The van der Waals surface area contributed by atoms with Crippen molar-refractivity contribution in [3.63, 3.8) is 0 Å². The van der Waals surface area contributed by atoms with Crippen LogP contribution in [0.5, 0.6) is 0 Å². The predicted octanol–water partition coefficient (Wildman–Crippen LogP) is 3.42. The summed E-state index contributed by atoms with van der Waals surface area (Å²) in [6.45, 7) is 1.95. The van der Waals surface area contributed by atoms with E-state index in [9.17, 15) is 19.5 Å². The second-order valence-electron chi connectivity index (χ2n) is 7.54. The fourth-order valence-electron chi connectivity index (χ4n) is 3.96. The molecule has 1 aliphatic rings. The minimum absolute atomic E-state index is 0.0731. The van der Waals surface area contributed by atoms with Crippen LogP contribution in [0.25, 0.3) is 11.1 Å². The Labute approximate surface area is 190 Å². The van der Waals surface area contributed by atoms with Crippen molar-refractivity contribution < 1.29 is 29.0 Å². The maximum Gasteiger partial charge on any atom is 0.419 e. The van der Waals surface area contributed by atoms with Crippen molar-refractivity contribution in [1.82, 2.24) is 14.9 Å². The van der Waals surface area contributed by atoms with Gasteiger partial charge in [0.1, 0.15) is 19.0 Å². The van der Waals surface area contributed by atoms with Gasteiger partial charge in [-0.3, -0.25) is 0 Å². The summed E-state index contributed by atoms with van der Waals surface area (Å²) < 4.78 is 11.4. The first kappa shape index (κ1) is 22.1. The van der Waals surface area contributed by atoms with Crippen LogP contribution in [0, 0.1) is 0 Å². The lowest BCUT2D eigenvalue weighted by Crippen LogP contribution is -2.43. The number of aliphatic carboxylic acids is 1. The number of imidazole rings is 1. The Morgan fingerprint density at radius 3 is 2.30 bits per heavy atom. The van der Waals surface area contributed by atoms with Gasteiger partial charge in [0.05, 0.1) is 12.3 Å². The number of rotatable bonds is 7. The largest absolute Gasteiger partial charge is 0.480 e. The van der Waals surface area contributed by atoms with E-state index in [0.717, 1.165) is 26.8 Å². The standard InChI is InChI=1S/C24H23N3O6/c1-2-32-24(31)27-12-15(25-14-27)11-21(22(28)29)26-23(30)33-13-20-18-9-5-3-7-16(18)17-8-4-6-10-19(17)20/h3-10,12,14,20-21H,2,11,13H2,1H3,(H,26,30)(H,28,29)/t21-/m1/s1. The molecule has 170 valence electrons. The summed E-state index contributed by atoms with van der Waals surface area (Å²) in [4.78, 5) is 39.9. The van der Waals surface area contributed by atoms with E-state index in [0.29, 0.717) is 5.69 Å². The van der Waals surface area contributed by atoms with Crippen LogP contribution in [0.3, 0.4) is 0 Å². The van der Waals surface area contributed by atoms with Crippen LogP contribution in [-0.2, 0) is 20.7 Å². The molecule has 0 saturated heterocycles. The van der Waals surface area contributed by atoms with E-state index in [-0.39, 0.29) is 25.6 Å². The minimum atomic E-state index is -1.27. The summed E-state index contributed by atoms with van der Waals surface area (Å²) in [5, 5.41) is 11.9. The number of nitrogens with zero attached hydrogens (tertiary/aromatic N) is 2. The van der Waals surface area contributed by atoms with Crippen molar-refractivity contribution in [2.75, 3.05) is 13.2 Å². The minimum Gasteiger partial charge on any atom is -0.480 e. The molecule has 0 bridgehead atoms. The van der Waals surface area contributed by atoms with Gasteiger partial charge in [0.2, 0.25) is 0 Å². The number of carbonyl (C=O) groups is 3. The van der Waals surface area contributed by atoms with Gasteiger partial charge in [-0.1, -0.05) is 48.5 Å². The predicted molar refractivity (Wildman–Crippen MR) is 118 cm³/mol. The number of nitrogens with one attached hydrogen (secondary N) is 1. The fourth-order valence-corrected chi connectivity index (χ4v) is 3.96. The number of carboxylic acid groups (broad SMARTS) is 1. The van der Waals surface area contributed by atoms with Crippen molar-refractivity contribution in [3.8, 4) is 11.1 Å². The van der Waals surface area contributed by atoms with E-state index < -0.39 is 24.2 Å². The zero-order chi connectivity index (χ0) is 23.4. The van der Waals surface area contributed by atoms with Crippen molar-refractivity contribution in [1.29, 1.82) is 0 Å². The number of alkyl carbamates (subject to hydrolysis) is 1. The Kier molecular flexibility index (Phi) is 6.39. The third-order valence-electron chi connectivity index (χ3n) is 5.46. The van der Waals surface area contributed by atoms with Crippen molar-refractivity contribution >= 4 is 18.2 Å². The number of benzene rings is 2. The number of carboxylic acids is 1. The molecule has 2 N–H and O–H groups in total. The normalized spacial score (nSPS) is 13.0. The fraction of sp³-hybridized carbons (Fsp3) is 0.250. The molecular weight excluding hydrogens is 426 g/mol. The highest BCUT2D eigenvalue weighted by Gasteiger charge is 2.30. The lowest BCUT2D eigenvalue weighted by Gasteiger charge is -2.17. The summed E-state index contributed by atoms with van der Waals surface area (Å²) in [7, 11) is 0. The van der Waals surface area contributed by atoms with Gasteiger partial charge >= 0.3 is 18.2 Å². The van der Waals surface area contributed by atoms with Crippen LogP contribution >= 0.6 is 0 Å². The molecule has 0 aliphatic heterocycles. The van der Waals surface area contributed by atoms with Gasteiger partial charge in [-0.05, 0) is 29.2 Å². The summed E-state index contributed by atoms with van der Waals surface area (Å²) in [5.41, 5.74) is 4.64. The second kappa shape index (κ2) is 9.56.